The molecular weight excluding hydrogens is 509 g/mol. The third-order valence-corrected chi connectivity index (χ3v) is 9.42. The van der Waals surface area contributed by atoms with Gasteiger partial charge in [-0.05, 0) is 59.7 Å². The third-order valence-electron chi connectivity index (χ3n) is 6.75. The van der Waals surface area contributed by atoms with Crippen molar-refractivity contribution in [3.63, 3.8) is 0 Å². The summed E-state index contributed by atoms with van der Waals surface area (Å²) in [7, 11) is 2.06. The van der Waals surface area contributed by atoms with E-state index in [0.29, 0.717) is 20.6 Å². The van der Waals surface area contributed by atoms with Crippen LogP contribution in [-0.4, -0.2) is 26.9 Å². The molecule has 0 bridgehead atoms. The molecule has 1 saturated heterocycles. The number of amides is 1. The molecule has 5 rings (SSSR count). The molecule has 184 valence electrons. The van der Waals surface area contributed by atoms with E-state index in [2.05, 4.69) is 56.1 Å². The Morgan fingerprint density at radius 1 is 1.06 bits per heavy atom. The minimum atomic E-state index is -0.375. The van der Waals surface area contributed by atoms with Crippen LogP contribution in [0.25, 0.3) is 22.1 Å². The average Bonchev–Trinajstić information content (AvgIpc) is 3.40. The topological polar surface area (TPSA) is 71.6 Å². The van der Waals surface area contributed by atoms with Crippen LogP contribution in [0.1, 0.15) is 26.3 Å². The van der Waals surface area contributed by atoms with Gasteiger partial charge in [0, 0.05) is 30.4 Å². The first kappa shape index (κ1) is 24.7. The van der Waals surface area contributed by atoms with E-state index < -0.39 is 0 Å². The molecule has 1 aromatic heterocycles. The van der Waals surface area contributed by atoms with Crippen LogP contribution in [0.3, 0.4) is 0 Å². The van der Waals surface area contributed by atoms with Crippen molar-refractivity contribution in [2.24, 2.45) is 5.84 Å². The first-order chi connectivity index (χ1) is 17.1. The molecule has 2 aliphatic heterocycles. The summed E-state index contributed by atoms with van der Waals surface area (Å²) in [6.07, 6.45) is 3.89. The Morgan fingerprint density at radius 2 is 1.78 bits per heavy atom. The molecule has 6 nitrogen and oxygen atoms in total. The Hall–Kier alpha value is -2.98. The largest absolute Gasteiger partial charge is 0.347 e. The first-order valence-corrected chi connectivity index (χ1v) is 13.6. The number of allylic oxidation sites excluding steroid dienone is 2. The molecule has 0 unspecified atom stereocenters. The van der Waals surface area contributed by atoms with Crippen LogP contribution in [0.4, 0.5) is 5.69 Å². The van der Waals surface area contributed by atoms with Gasteiger partial charge in [0.15, 0.2) is 4.32 Å². The minimum Gasteiger partial charge on any atom is -0.347 e. The van der Waals surface area contributed by atoms with Crippen LogP contribution < -0.4 is 25.5 Å². The highest BCUT2D eigenvalue weighted by molar-refractivity contribution is 8.30. The number of thiazole rings is 1. The minimum absolute atomic E-state index is 0.126. The van der Waals surface area contributed by atoms with Gasteiger partial charge in [0.25, 0.3) is 11.5 Å². The molecule has 0 aliphatic carbocycles. The number of benzene rings is 2. The summed E-state index contributed by atoms with van der Waals surface area (Å²) in [4.78, 5) is 28.4. The molecule has 36 heavy (non-hydrogen) atoms. The number of carbonyl (C=O) groups is 1. The van der Waals surface area contributed by atoms with Crippen molar-refractivity contribution in [3.8, 4) is 11.1 Å². The van der Waals surface area contributed by atoms with Gasteiger partial charge in [-0.3, -0.25) is 14.2 Å². The van der Waals surface area contributed by atoms with Gasteiger partial charge >= 0.3 is 0 Å². The maximum atomic E-state index is 13.2. The lowest BCUT2D eigenvalue weighted by Crippen LogP contribution is -2.36. The number of fused-ring (bicyclic) bond motifs is 1. The molecule has 3 aromatic rings. The molecule has 2 N–H and O–H groups in total. The summed E-state index contributed by atoms with van der Waals surface area (Å²) in [5.74, 6) is 5.38. The standard InChI is InChI=1S/C27H26N4O2S3/c1-5-30-23(32)20(35-25(30)22-24(33)31(28)26(34)36-22)13-14-21-27(2,3)18-15-17(11-12-19(18)29(21)4)16-9-7-6-8-10-16/h6-15H,5,28H2,1-4H3/b20-13-,21-14-,25-22+. The number of thioether (sulfide) groups is 1. The third kappa shape index (κ3) is 3.87. The highest BCUT2D eigenvalue weighted by Crippen LogP contribution is 2.48. The zero-order valence-electron chi connectivity index (χ0n) is 20.4. The van der Waals surface area contributed by atoms with Gasteiger partial charge in [-0.1, -0.05) is 62.5 Å². The summed E-state index contributed by atoms with van der Waals surface area (Å²) >= 11 is 7.60. The Balaban J connectivity index is 1.61. The van der Waals surface area contributed by atoms with E-state index >= 15 is 0 Å². The second-order valence-electron chi connectivity index (χ2n) is 9.19. The lowest BCUT2D eigenvalue weighted by atomic mass is 9.82. The summed E-state index contributed by atoms with van der Waals surface area (Å²) < 4.78 is 3.05. The van der Waals surface area contributed by atoms with E-state index in [1.165, 1.54) is 28.0 Å². The van der Waals surface area contributed by atoms with Crippen molar-refractivity contribution in [3.05, 3.63) is 85.4 Å². The van der Waals surface area contributed by atoms with Crippen molar-refractivity contribution < 1.29 is 4.79 Å². The lowest BCUT2D eigenvalue weighted by Gasteiger charge is -2.23. The molecule has 2 aromatic carbocycles. The van der Waals surface area contributed by atoms with Gasteiger partial charge in [-0.15, -0.1) is 11.3 Å². The predicted octanol–water partition coefficient (Wildman–Crippen LogP) is 3.53. The molecule has 9 heteroatoms. The van der Waals surface area contributed by atoms with Crippen molar-refractivity contribution >= 4 is 62.2 Å². The quantitative estimate of drug-likeness (QED) is 0.315. The monoisotopic (exact) mass is 534 g/mol. The van der Waals surface area contributed by atoms with E-state index in [-0.39, 0.29) is 21.2 Å². The molecule has 1 amide bonds. The van der Waals surface area contributed by atoms with Crippen LogP contribution in [0.15, 0.2) is 65.1 Å². The van der Waals surface area contributed by atoms with Gasteiger partial charge in [-0.2, -0.15) is 0 Å². The molecular formula is C27H26N4O2S3. The molecule has 3 heterocycles. The number of hydrogen-bond acceptors (Lipinski definition) is 7. The van der Waals surface area contributed by atoms with E-state index in [9.17, 15) is 9.59 Å². The zero-order chi connectivity index (χ0) is 25.8. The van der Waals surface area contributed by atoms with E-state index in [1.807, 2.05) is 37.3 Å². The Labute approximate surface area is 223 Å². The van der Waals surface area contributed by atoms with E-state index in [1.54, 1.807) is 4.57 Å². The molecule has 0 saturated carbocycles. The number of nitrogens with zero attached hydrogens (tertiary/aromatic N) is 3. The summed E-state index contributed by atoms with van der Waals surface area (Å²) in [6, 6.07) is 16.9. The van der Waals surface area contributed by atoms with Crippen molar-refractivity contribution in [2.75, 3.05) is 11.9 Å². The van der Waals surface area contributed by atoms with Crippen LogP contribution in [0.5, 0.6) is 0 Å². The number of nitrogens with two attached hydrogens (primary N) is 1. The van der Waals surface area contributed by atoms with Crippen LogP contribution >= 0.6 is 35.3 Å². The van der Waals surface area contributed by atoms with Crippen LogP contribution in [-0.2, 0) is 16.8 Å². The zero-order valence-corrected chi connectivity index (χ0v) is 22.9. The van der Waals surface area contributed by atoms with Gasteiger partial charge in [0.05, 0.1) is 4.53 Å². The number of likely N-dealkylation sites (N-methyl/N-ethyl adjacent to an activating group) is 1. The van der Waals surface area contributed by atoms with Gasteiger partial charge in [0.1, 0.15) is 9.57 Å². The van der Waals surface area contributed by atoms with Gasteiger partial charge in [0.2, 0.25) is 0 Å². The molecule has 0 spiro atoms. The number of hydrazine groups is 1. The molecule has 0 radical (unpaired) electrons. The predicted molar refractivity (Wildman–Crippen MR) is 154 cm³/mol. The maximum absolute atomic E-state index is 13.2. The van der Waals surface area contributed by atoms with Crippen molar-refractivity contribution in [1.29, 1.82) is 0 Å². The first-order valence-electron chi connectivity index (χ1n) is 11.6. The number of rotatable bonds is 3. The fourth-order valence-electron chi connectivity index (χ4n) is 4.80. The number of anilines is 1. The lowest BCUT2D eigenvalue weighted by molar-refractivity contribution is -0.120. The Morgan fingerprint density at radius 3 is 2.42 bits per heavy atom. The summed E-state index contributed by atoms with van der Waals surface area (Å²) in [6.45, 7) is 6.74. The fraction of sp³-hybridized carbons (Fsp3) is 0.222. The molecule has 1 fully saturated rings. The highest BCUT2D eigenvalue weighted by Gasteiger charge is 2.38. The van der Waals surface area contributed by atoms with Crippen molar-refractivity contribution in [2.45, 2.75) is 32.7 Å². The summed E-state index contributed by atoms with van der Waals surface area (Å²) in [5, 5.41) is 0.960. The maximum Gasteiger partial charge on any atom is 0.283 e. The number of thiocarbonyl (C=S) groups is 1. The smallest absolute Gasteiger partial charge is 0.283 e. The Kier molecular flexibility index (Phi) is 6.28. The number of hydrogen-bond donors (Lipinski definition) is 1. The summed E-state index contributed by atoms with van der Waals surface area (Å²) in [5.41, 5.74) is 5.46. The fourth-order valence-corrected chi connectivity index (χ4v) is 7.16. The van der Waals surface area contributed by atoms with Crippen molar-refractivity contribution in [1.82, 2.24) is 9.58 Å². The van der Waals surface area contributed by atoms with E-state index in [4.69, 9.17) is 18.1 Å². The highest BCUT2D eigenvalue weighted by atomic mass is 32.2. The average molecular weight is 535 g/mol. The normalized spacial score (nSPS) is 20.1. The number of carbonyl (C=O) groups excluding carboxylic acids is 1. The number of aromatic nitrogens is 1. The van der Waals surface area contributed by atoms with Crippen LogP contribution in [0.2, 0.25) is 0 Å². The second-order valence-corrected chi connectivity index (χ2v) is 11.9. The molecule has 2 aliphatic rings. The van der Waals surface area contributed by atoms with Gasteiger partial charge in [-0.25, -0.2) is 10.9 Å². The SMILES string of the molecule is CCn1c(=O)/c(=C/C=C2\N(C)c3ccc(-c4ccccc4)cc3C2(C)C)s/c1=C1/SC(=S)N(N)C1=O. The molecule has 0 atom stereocenters. The van der Waals surface area contributed by atoms with E-state index in [0.717, 1.165) is 28.2 Å². The van der Waals surface area contributed by atoms with Gasteiger partial charge < -0.3 is 4.90 Å². The Bertz CT molecular complexity index is 1620. The van der Waals surface area contributed by atoms with Crippen LogP contribution in [0, 0.1) is 0 Å². The second kappa shape index (κ2) is 9.15.